The molecule has 0 saturated carbocycles. The maximum Gasteiger partial charge on any atom is 0.293 e. The minimum atomic E-state index is -0.472. The van der Waals surface area contributed by atoms with Crippen molar-refractivity contribution in [2.75, 3.05) is 18.5 Å². The third-order valence-electron chi connectivity index (χ3n) is 4.75. The van der Waals surface area contributed by atoms with E-state index < -0.39 is 11.5 Å². The van der Waals surface area contributed by atoms with Gasteiger partial charge < -0.3 is 14.8 Å². The summed E-state index contributed by atoms with van der Waals surface area (Å²) in [7, 11) is 0. The Hall–Kier alpha value is -4.21. The van der Waals surface area contributed by atoms with Gasteiger partial charge in [0.05, 0.1) is 5.69 Å². The number of nitrogens with zero attached hydrogens (tertiary/aromatic N) is 4. The van der Waals surface area contributed by atoms with Crippen LogP contribution in [0, 0.1) is 5.82 Å². The van der Waals surface area contributed by atoms with Crippen LogP contribution in [-0.2, 0) is 11.3 Å². The molecule has 0 unspecified atom stereocenters. The van der Waals surface area contributed by atoms with Crippen LogP contribution in [0.15, 0.2) is 59.7 Å². The molecule has 0 bridgehead atoms. The summed E-state index contributed by atoms with van der Waals surface area (Å²) in [5.74, 6) is 0.382. The van der Waals surface area contributed by atoms with E-state index in [1.807, 2.05) is 0 Å². The van der Waals surface area contributed by atoms with Crippen LogP contribution in [0.2, 0.25) is 0 Å². The van der Waals surface area contributed by atoms with E-state index in [-0.39, 0.29) is 17.9 Å². The molecule has 1 aliphatic heterocycles. The highest BCUT2D eigenvalue weighted by molar-refractivity contribution is 5.91. The van der Waals surface area contributed by atoms with Crippen molar-refractivity contribution in [3.63, 3.8) is 0 Å². The molecule has 0 fully saturated rings. The third-order valence-corrected chi connectivity index (χ3v) is 4.75. The second-order valence-electron chi connectivity index (χ2n) is 6.87. The maximum absolute atomic E-state index is 13.1. The Morgan fingerprint density at radius 1 is 1.06 bits per heavy atom. The van der Waals surface area contributed by atoms with Crippen LogP contribution in [0.25, 0.3) is 16.8 Å². The summed E-state index contributed by atoms with van der Waals surface area (Å²) in [6, 6.07) is 12.4. The number of rotatable bonds is 4. The number of hydrogen-bond acceptors (Lipinski definition) is 6. The lowest BCUT2D eigenvalue weighted by atomic mass is 10.1. The number of hydrogen-bond donors (Lipinski definition) is 1. The number of aromatic nitrogens is 4. The lowest BCUT2D eigenvalue weighted by Crippen LogP contribution is -2.30. The first-order valence-corrected chi connectivity index (χ1v) is 9.48. The molecule has 0 radical (unpaired) electrons. The highest BCUT2D eigenvalue weighted by atomic mass is 19.1. The highest BCUT2D eigenvalue weighted by Gasteiger charge is 2.15. The van der Waals surface area contributed by atoms with Gasteiger partial charge in [0.25, 0.3) is 5.56 Å². The Morgan fingerprint density at radius 3 is 2.65 bits per heavy atom. The van der Waals surface area contributed by atoms with Gasteiger partial charge in [0.2, 0.25) is 5.91 Å². The average Bonchev–Trinajstić information content (AvgIpc) is 3.21. The summed E-state index contributed by atoms with van der Waals surface area (Å²) in [6.07, 6.45) is 1.35. The average molecular weight is 421 g/mol. The minimum Gasteiger partial charge on any atom is -0.486 e. The second-order valence-corrected chi connectivity index (χ2v) is 6.87. The molecule has 1 aliphatic rings. The predicted molar refractivity (Wildman–Crippen MR) is 109 cm³/mol. The highest BCUT2D eigenvalue weighted by Crippen LogP contribution is 2.32. The van der Waals surface area contributed by atoms with Crippen molar-refractivity contribution in [3.8, 4) is 22.8 Å². The predicted octanol–water partition coefficient (Wildman–Crippen LogP) is 2.11. The van der Waals surface area contributed by atoms with Gasteiger partial charge >= 0.3 is 0 Å². The smallest absolute Gasteiger partial charge is 0.293 e. The van der Waals surface area contributed by atoms with Crippen LogP contribution in [0.1, 0.15) is 0 Å². The van der Waals surface area contributed by atoms with Gasteiger partial charge in [-0.25, -0.2) is 13.6 Å². The number of ether oxygens (including phenoxy) is 2. The molecule has 10 heteroatoms. The Balaban J connectivity index is 1.36. The van der Waals surface area contributed by atoms with Crippen molar-refractivity contribution in [3.05, 3.63) is 71.0 Å². The van der Waals surface area contributed by atoms with E-state index in [1.165, 1.54) is 23.0 Å². The molecule has 1 N–H and O–H groups in total. The Kier molecular flexibility index (Phi) is 4.58. The summed E-state index contributed by atoms with van der Waals surface area (Å²) in [6.45, 7) is 0.642. The quantitative estimate of drug-likeness (QED) is 0.542. The summed E-state index contributed by atoms with van der Waals surface area (Å²) in [4.78, 5) is 25.2. The first-order valence-electron chi connectivity index (χ1n) is 9.48. The van der Waals surface area contributed by atoms with Gasteiger partial charge in [-0.05, 0) is 42.5 Å². The number of halogens is 1. The van der Waals surface area contributed by atoms with Crippen molar-refractivity contribution >= 4 is 17.1 Å². The van der Waals surface area contributed by atoms with E-state index >= 15 is 0 Å². The first kappa shape index (κ1) is 18.8. The molecular formula is C21H16FN5O4. The molecule has 3 heterocycles. The molecular weight excluding hydrogens is 405 g/mol. The van der Waals surface area contributed by atoms with Gasteiger partial charge in [-0.3, -0.25) is 9.59 Å². The zero-order valence-electron chi connectivity index (χ0n) is 16.1. The fraction of sp³-hybridized carbons (Fsp3) is 0.143. The Labute approximate surface area is 174 Å². The molecule has 0 atom stereocenters. The number of nitrogens with one attached hydrogen (secondary N) is 1. The molecule has 31 heavy (non-hydrogen) atoms. The lowest BCUT2D eigenvalue weighted by Gasteiger charge is -2.19. The molecule has 2 aromatic carbocycles. The Morgan fingerprint density at radius 2 is 1.84 bits per heavy atom. The van der Waals surface area contributed by atoms with Crippen LogP contribution < -0.4 is 20.3 Å². The number of benzene rings is 2. The van der Waals surface area contributed by atoms with Gasteiger partial charge in [0.15, 0.2) is 11.5 Å². The van der Waals surface area contributed by atoms with Crippen LogP contribution in [0.3, 0.4) is 0 Å². The normalized spacial score (nSPS) is 12.7. The summed E-state index contributed by atoms with van der Waals surface area (Å²) < 4.78 is 26.5. The zero-order chi connectivity index (χ0) is 21.4. The van der Waals surface area contributed by atoms with Gasteiger partial charge in [-0.2, -0.15) is 10.2 Å². The fourth-order valence-corrected chi connectivity index (χ4v) is 3.27. The summed E-state index contributed by atoms with van der Waals surface area (Å²) in [5.41, 5.74) is 1.46. The van der Waals surface area contributed by atoms with E-state index in [1.54, 1.807) is 36.4 Å². The second kappa shape index (κ2) is 7.56. The maximum atomic E-state index is 13.1. The molecule has 9 nitrogen and oxygen atoms in total. The van der Waals surface area contributed by atoms with Crippen LogP contribution in [-0.4, -0.2) is 38.5 Å². The summed E-state index contributed by atoms with van der Waals surface area (Å²) >= 11 is 0. The third kappa shape index (κ3) is 3.70. The van der Waals surface area contributed by atoms with Gasteiger partial charge in [-0.15, -0.1) is 0 Å². The van der Waals surface area contributed by atoms with Gasteiger partial charge in [0, 0.05) is 17.3 Å². The van der Waals surface area contributed by atoms with Crippen molar-refractivity contribution in [2.24, 2.45) is 0 Å². The number of carbonyl (C=O) groups excluding carboxylic acids is 1. The first-order chi connectivity index (χ1) is 15.1. The number of amides is 1. The van der Waals surface area contributed by atoms with Gasteiger partial charge in [0.1, 0.15) is 37.4 Å². The topological polar surface area (TPSA) is 99.8 Å². The molecule has 0 aliphatic carbocycles. The molecule has 4 aromatic rings. The lowest BCUT2D eigenvalue weighted by molar-refractivity contribution is -0.117. The number of fused-ring (bicyclic) bond motifs is 2. The molecule has 5 rings (SSSR count). The van der Waals surface area contributed by atoms with Crippen LogP contribution in [0.4, 0.5) is 10.1 Å². The van der Waals surface area contributed by atoms with Crippen LogP contribution >= 0.6 is 0 Å². The van der Waals surface area contributed by atoms with Crippen LogP contribution in [0.5, 0.6) is 11.5 Å². The summed E-state index contributed by atoms with van der Waals surface area (Å²) in [5, 5.41) is 11.0. The fourth-order valence-electron chi connectivity index (χ4n) is 3.27. The van der Waals surface area contributed by atoms with Crippen molar-refractivity contribution < 1.29 is 18.7 Å². The molecule has 0 saturated heterocycles. The van der Waals surface area contributed by atoms with Gasteiger partial charge in [-0.1, -0.05) is 0 Å². The van der Waals surface area contributed by atoms with E-state index in [4.69, 9.17) is 9.47 Å². The van der Waals surface area contributed by atoms with Crippen molar-refractivity contribution in [1.82, 2.24) is 19.4 Å². The van der Waals surface area contributed by atoms with Crippen molar-refractivity contribution in [1.29, 1.82) is 0 Å². The molecule has 156 valence electrons. The van der Waals surface area contributed by atoms with E-state index in [0.717, 1.165) is 4.68 Å². The SMILES string of the molecule is O=C(Cn1ncn2nc(-c3ccc(F)cc3)cc2c1=O)Nc1ccc2c(c1)OCCO2. The molecule has 0 spiro atoms. The van der Waals surface area contributed by atoms with E-state index in [0.29, 0.717) is 41.7 Å². The zero-order valence-corrected chi connectivity index (χ0v) is 16.1. The largest absolute Gasteiger partial charge is 0.486 e. The monoisotopic (exact) mass is 421 g/mol. The molecule has 1 amide bonds. The number of carbonyl (C=O) groups is 1. The number of anilines is 1. The minimum absolute atomic E-state index is 0.251. The standard InChI is InChI=1S/C21H16FN5O4/c22-14-3-1-13(2-4-14)16-10-17-21(29)26(23-12-27(17)25-16)11-20(28)24-15-5-6-18-19(9-15)31-8-7-30-18/h1-6,9-10,12H,7-8,11H2,(H,24,28). The van der Waals surface area contributed by atoms with E-state index in [9.17, 15) is 14.0 Å². The Bertz CT molecular complexity index is 1350. The molecule has 2 aromatic heterocycles. The van der Waals surface area contributed by atoms with E-state index in [2.05, 4.69) is 15.5 Å². The van der Waals surface area contributed by atoms with Crippen molar-refractivity contribution in [2.45, 2.75) is 6.54 Å².